The Morgan fingerprint density at radius 3 is 2.83 bits per heavy atom. The van der Waals surface area contributed by atoms with Gasteiger partial charge in [-0.15, -0.1) is 0 Å². The molecule has 0 radical (unpaired) electrons. The number of fused-ring (bicyclic) bond motifs is 1. The molecule has 5 nitrogen and oxygen atoms in total. The van der Waals surface area contributed by atoms with Crippen molar-refractivity contribution in [2.24, 2.45) is 0 Å². The van der Waals surface area contributed by atoms with Crippen LogP contribution in [0, 0.1) is 0 Å². The van der Waals surface area contributed by atoms with E-state index in [2.05, 4.69) is 39.0 Å². The van der Waals surface area contributed by atoms with Gasteiger partial charge in [-0.1, -0.05) is 31.9 Å². The zero-order chi connectivity index (χ0) is 16.5. The van der Waals surface area contributed by atoms with Crippen LogP contribution < -0.4 is 10.2 Å². The van der Waals surface area contributed by atoms with Gasteiger partial charge in [0.15, 0.2) is 0 Å². The number of imidazole rings is 1. The van der Waals surface area contributed by atoms with Crippen molar-refractivity contribution < 1.29 is 4.79 Å². The monoisotopic (exact) mass is 326 g/mol. The van der Waals surface area contributed by atoms with Crippen molar-refractivity contribution in [3.63, 3.8) is 0 Å². The number of rotatable bonds is 4. The van der Waals surface area contributed by atoms with Gasteiger partial charge in [-0.3, -0.25) is 4.79 Å². The van der Waals surface area contributed by atoms with Crippen molar-refractivity contribution in [3.05, 3.63) is 24.3 Å². The van der Waals surface area contributed by atoms with Gasteiger partial charge in [0.25, 0.3) is 0 Å². The number of carbonyl (C=O) groups excluding carboxylic acids is 1. The van der Waals surface area contributed by atoms with E-state index in [1.807, 2.05) is 6.92 Å². The van der Waals surface area contributed by atoms with Gasteiger partial charge in [-0.2, -0.15) is 0 Å². The van der Waals surface area contributed by atoms with Gasteiger partial charge in [-0.05, 0) is 31.4 Å². The van der Waals surface area contributed by atoms with E-state index >= 15 is 0 Å². The van der Waals surface area contributed by atoms with Gasteiger partial charge < -0.3 is 14.8 Å². The third-order valence-corrected chi connectivity index (χ3v) is 5.42. The minimum absolute atomic E-state index is 0.145. The number of hydrogen-bond acceptors (Lipinski definition) is 3. The fourth-order valence-electron chi connectivity index (χ4n) is 4.17. The summed E-state index contributed by atoms with van der Waals surface area (Å²) >= 11 is 0. The fraction of sp³-hybridized carbons (Fsp3) is 0.579. The fourth-order valence-corrected chi connectivity index (χ4v) is 4.17. The number of nitrogens with one attached hydrogen (secondary N) is 1. The van der Waals surface area contributed by atoms with Crippen LogP contribution in [0.25, 0.3) is 11.0 Å². The Kier molecular flexibility index (Phi) is 4.17. The van der Waals surface area contributed by atoms with Crippen molar-refractivity contribution in [2.75, 3.05) is 18.0 Å². The van der Waals surface area contributed by atoms with Gasteiger partial charge in [-0.25, -0.2) is 4.98 Å². The molecule has 1 saturated carbocycles. The van der Waals surface area contributed by atoms with Crippen molar-refractivity contribution in [1.29, 1.82) is 0 Å². The van der Waals surface area contributed by atoms with E-state index in [1.165, 1.54) is 31.2 Å². The summed E-state index contributed by atoms with van der Waals surface area (Å²) in [6, 6.07) is 9.28. The molecule has 0 spiro atoms. The van der Waals surface area contributed by atoms with Crippen LogP contribution in [0.4, 0.5) is 5.95 Å². The second kappa shape index (κ2) is 6.46. The molecule has 128 valence electrons. The van der Waals surface area contributed by atoms with Crippen LogP contribution in [-0.2, 0) is 4.79 Å². The lowest BCUT2D eigenvalue weighted by Gasteiger charge is -2.23. The highest BCUT2D eigenvalue weighted by molar-refractivity contribution is 5.79. The number of aromatic nitrogens is 2. The highest BCUT2D eigenvalue weighted by Crippen LogP contribution is 2.37. The quantitative estimate of drug-likeness (QED) is 0.938. The normalized spacial score (nSPS) is 21.7. The Morgan fingerprint density at radius 2 is 2.04 bits per heavy atom. The van der Waals surface area contributed by atoms with Crippen molar-refractivity contribution in [2.45, 2.75) is 57.5 Å². The maximum absolute atomic E-state index is 11.7. The van der Waals surface area contributed by atoms with Gasteiger partial charge in [0.2, 0.25) is 11.9 Å². The first-order valence-electron chi connectivity index (χ1n) is 9.27. The maximum Gasteiger partial charge on any atom is 0.219 e. The van der Waals surface area contributed by atoms with Crippen LogP contribution in [0.2, 0.25) is 0 Å². The Hall–Kier alpha value is -2.04. The largest absolute Gasteiger partial charge is 0.352 e. The zero-order valence-electron chi connectivity index (χ0n) is 14.4. The first kappa shape index (κ1) is 15.5. The number of amides is 1. The first-order chi connectivity index (χ1) is 11.8. The molecule has 1 unspecified atom stereocenters. The van der Waals surface area contributed by atoms with E-state index in [4.69, 9.17) is 4.98 Å². The molecule has 1 saturated heterocycles. The summed E-state index contributed by atoms with van der Waals surface area (Å²) < 4.78 is 2.46. The molecule has 2 fully saturated rings. The van der Waals surface area contributed by atoms with Crippen LogP contribution >= 0.6 is 0 Å². The zero-order valence-corrected chi connectivity index (χ0v) is 14.4. The molecule has 2 aromatic rings. The second-order valence-corrected chi connectivity index (χ2v) is 7.06. The van der Waals surface area contributed by atoms with Crippen LogP contribution in [0.15, 0.2) is 24.3 Å². The van der Waals surface area contributed by atoms with Crippen LogP contribution in [0.3, 0.4) is 0 Å². The molecule has 1 aliphatic carbocycles. The SMILES string of the molecule is CCC(=O)NC1CCN(c2nc3ccccc3n2C2CCCC2)C1. The Balaban J connectivity index is 1.64. The van der Waals surface area contributed by atoms with Crippen LogP contribution in [0.1, 0.15) is 51.5 Å². The van der Waals surface area contributed by atoms with Crippen LogP contribution in [0.5, 0.6) is 0 Å². The minimum Gasteiger partial charge on any atom is -0.352 e. The summed E-state index contributed by atoms with van der Waals surface area (Å²) in [5.41, 5.74) is 2.33. The lowest BCUT2D eigenvalue weighted by atomic mass is 10.2. The molecule has 1 atom stereocenters. The molecule has 1 N–H and O–H groups in total. The topological polar surface area (TPSA) is 50.2 Å². The predicted molar refractivity (Wildman–Crippen MR) is 96.3 cm³/mol. The summed E-state index contributed by atoms with van der Waals surface area (Å²) in [7, 11) is 0. The Bertz CT molecular complexity index is 732. The molecule has 1 amide bonds. The van der Waals surface area contributed by atoms with E-state index in [9.17, 15) is 4.79 Å². The number of hydrogen-bond donors (Lipinski definition) is 1. The molecule has 1 aliphatic heterocycles. The number of anilines is 1. The first-order valence-corrected chi connectivity index (χ1v) is 9.27. The lowest BCUT2D eigenvalue weighted by Crippen LogP contribution is -2.37. The highest BCUT2D eigenvalue weighted by atomic mass is 16.1. The van der Waals surface area contributed by atoms with Crippen molar-refractivity contribution >= 4 is 22.9 Å². The molecule has 1 aromatic heterocycles. The van der Waals surface area contributed by atoms with E-state index in [0.717, 1.165) is 31.0 Å². The summed E-state index contributed by atoms with van der Waals surface area (Å²) in [5.74, 6) is 1.24. The predicted octanol–water partition coefficient (Wildman–Crippen LogP) is 3.26. The Morgan fingerprint density at radius 1 is 1.25 bits per heavy atom. The average Bonchev–Trinajstić information content (AvgIpc) is 3.32. The van der Waals surface area contributed by atoms with E-state index in [1.54, 1.807) is 0 Å². The molecular weight excluding hydrogens is 300 g/mol. The van der Waals surface area contributed by atoms with Gasteiger partial charge in [0, 0.05) is 31.6 Å². The molecule has 0 bridgehead atoms. The molecule has 24 heavy (non-hydrogen) atoms. The van der Waals surface area contributed by atoms with Crippen LogP contribution in [-0.4, -0.2) is 34.6 Å². The van der Waals surface area contributed by atoms with E-state index < -0.39 is 0 Å². The number of benzene rings is 1. The average molecular weight is 326 g/mol. The molecular formula is C19H26N4O. The lowest BCUT2D eigenvalue weighted by molar-refractivity contribution is -0.121. The van der Waals surface area contributed by atoms with Gasteiger partial charge in [0.1, 0.15) is 0 Å². The van der Waals surface area contributed by atoms with Crippen molar-refractivity contribution in [3.8, 4) is 0 Å². The Labute approximate surface area is 143 Å². The smallest absolute Gasteiger partial charge is 0.219 e. The number of carbonyl (C=O) groups is 1. The molecule has 4 rings (SSSR count). The minimum atomic E-state index is 0.145. The van der Waals surface area contributed by atoms with Crippen molar-refractivity contribution in [1.82, 2.24) is 14.9 Å². The van der Waals surface area contributed by atoms with E-state index in [-0.39, 0.29) is 11.9 Å². The highest BCUT2D eigenvalue weighted by Gasteiger charge is 2.30. The van der Waals surface area contributed by atoms with Gasteiger partial charge in [0.05, 0.1) is 11.0 Å². The molecule has 2 aliphatic rings. The summed E-state index contributed by atoms with van der Waals surface area (Å²) in [6.45, 7) is 3.73. The molecule has 5 heteroatoms. The summed E-state index contributed by atoms with van der Waals surface area (Å²) in [5, 5.41) is 3.13. The maximum atomic E-state index is 11.7. The van der Waals surface area contributed by atoms with E-state index in [0.29, 0.717) is 12.5 Å². The second-order valence-electron chi connectivity index (χ2n) is 7.06. The number of nitrogens with zero attached hydrogens (tertiary/aromatic N) is 3. The summed E-state index contributed by atoms with van der Waals surface area (Å²) in [4.78, 5) is 19.0. The molecule has 2 heterocycles. The summed E-state index contributed by atoms with van der Waals surface area (Å²) in [6.07, 6.45) is 6.67. The third-order valence-electron chi connectivity index (χ3n) is 5.42. The van der Waals surface area contributed by atoms with Gasteiger partial charge >= 0.3 is 0 Å². The number of para-hydroxylation sites is 2. The third kappa shape index (κ3) is 2.76. The standard InChI is InChI=1S/C19H26N4O/c1-2-18(24)20-14-11-12-22(13-14)19-21-16-9-5-6-10-17(16)23(19)15-7-3-4-8-15/h5-6,9-10,14-15H,2-4,7-8,11-13H2,1H3,(H,20,24). The molecule has 1 aromatic carbocycles.